The zero-order chi connectivity index (χ0) is 18.7. The molecule has 3 rings (SSSR count). The van der Waals surface area contributed by atoms with Gasteiger partial charge in [0.15, 0.2) is 0 Å². The van der Waals surface area contributed by atoms with E-state index >= 15 is 0 Å². The molecule has 0 radical (unpaired) electrons. The van der Waals surface area contributed by atoms with E-state index in [1.54, 1.807) is 18.2 Å². The summed E-state index contributed by atoms with van der Waals surface area (Å²) < 4.78 is 26.6. The maximum Gasteiger partial charge on any atom is 0.255 e. The molecule has 1 aliphatic heterocycles. The number of amides is 1. The van der Waals surface area contributed by atoms with Crippen LogP contribution < -0.4 is 9.62 Å². The van der Waals surface area contributed by atoms with Crippen molar-refractivity contribution in [2.75, 3.05) is 21.9 Å². The van der Waals surface area contributed by atoms with Crippen molar-refractivity contribution in [3.05, 3.63) is 59.2 Å². The predicted octanol–water partition coefficient (Wildman–Crippen LogP) is 3.74. The van der Waals surface area contributed by atoms with Gasteiger partial charge < -0.3 is 5.32 Å². The highest BCUT2D eigenvalue weighted by molar-refractivity contribution is 7.92. The molecule has 5 nitrogen and oxygen atoms in total. The number of carbonyl (C=O) groups is 1. The molecule has 6 heteroatoms. The second-order valence-electron chi connectivity index (χ2n) is 6.66. The Morgan fingerprint density at radius 2 is 1.88 bits per heavy atom. The monoisotopic (exact) mass is 372 g/mol. The Balaban J connectivity index is 1.87. The van der Waals surface area contributed by atoms with Crippen LogP contribution in [0.4, 0.5) is 11.4 Å². The van der Waals surface area contributed by atoms with Gasteiger partial charge in [-0.2, -0.15) is 0 Å². The third-order valence-electron chi connectivity index (χ3n) is 4.53. The minimum atomic E-state index is -3.33. The lowest BCUT2D eigenvalue weighted by Crippen LogP contribution is -2.37. The van der Waals surface area contributed by atoms with E-state index in [0.717, 1.165) is 24.0 Å². The molecule has 1 aliphatic rings. The van der Waals surface area contributed by atoms with E-state index in [2.05, 4.69) is 5.32 Å². The first kappa shape index (κ1) is 18.5. The van der Waals surface area contributed by atoms with Crippen LogP contribution in [-0.4, -0.2) is 26.6 Å². The Hall–Kier alpha value is -2.34. The van der Waals surface area contributed by atoms with Crippen LogP contribution >= 0.6 is 0 Å². The van der Waals surface area contributed by atoms with Gasteiger partial charge in [0.2, 0.25) is 10.0 Å². The molecule has 0 bridgehead atoms. The van der Waals surface area contributed by atoms with Gasteiger partial charge in [-0.15, -0.1) is 0 Å². The fourth-order valence-electron chi connectivity index (χ4n) is 3.18. The quantitative estimate of drug-likeness (QED) is 0.869. The number of nitrogens with zero attached hydrogens (tertiary/aromatic N) is 1. The van der Waals surface area contributed by atoms with Crippen molar-refractivity contribution in [3.8, 4) is 0 Å². The third kappa shape index (κ3) is 3.90. The van der Waals surface area contributed by atoms with Crippen LogP contribution in [0, 0.1) is 6.92 Å². The summed E-state index contributed by atoms with van der Waals surface area (Å²) >= 11 is 0. The molecular weight excluding hydrogens is 348 g/mol. The van der Waals surface area contributed by atoms with Crippen molar-refractivity contribution in [2.45, 2.75) is 33.1 Å². The van der Waals surface area contributed by atoms with Crippen LogP contribution in [-0.2, 0) is 16.4 Å². The fourth-order valence-corrected chi connectivity index (χ4v) is 4.80. The van der Waals surface area contributed by atoms with E-state index in [-0.39, 0.29) is 11.7 Å². The summed E-state index contributed by atoms with van der Waals surface area (Å²) in [6.45, 7) is 4.32. The second-order valence-corrected chi connectivity index (χ2v) is 8.67. The number of benzene rings is 2. The number of rotatable bonds is 5. The van der Waals surface area contributed by atoms with Gasteiger partial charge in [-0.3, -0.25) is 9.10 Å². The molecule has 0 saturated heterocycles. The van der Waals surface area contributed by atoms with Gasteiger partial charge in [0, 0.05) is 17.8 Å². The summed E-state index contributed by atoms with van der Waals surface area (Å²) in [7, 11) is -3.33. The summed E-state index contributed by atoms with van der Waals surface area (Å²) in [5.74, 6) is -0.0735. The van der Waals surface area contributed by atoms with Gasteiger partial charge in [-0.05, 0) is 56.0 Å². The van der Waals surface area contributed by atoms with Gasteiger partial charge >= 0.3 is 0 Å². The SMILES string of the molecule is CCCS(=O)(=O)N1CCCc2ccc(NC(=O)c3ccc(C)cc3)cc21. The number of aryl methyl sites for hydroxylation is 2. The second kappa shape index (κ2) is 7.50. The molecule has 1 heterocycles. The predicted molar refractivity (Wildman–Crippen MR) is 105 cm³/mol. The van der Waals surface area contributed by atoms with E-state index in [4.69, 9.17) is 0 Å². The molecule has 2 aromatic carbocycles. The molecule has 0 saturated carbocycles. The van der Waals surface area contributed by atoms with Crippen molar-refractivity contribution in [2.24, 2.45) is 0 Å². The number of hydrogen-bond donors (Lipinski definition) is 1. The summed E-state index contributed by atoms with van der Waals surface area (Å²) in [6, 6.07) is 12.9. The first-order valence-corrected chi connectivity index (χ1v) is 10.5. The van der Waals surface area contributed by atoms with Crippen LogP contribution in [0.3, 0.4) is 0 Å². The average Bonchev–Trinajstić information content (AvgIpc) is 2.61. The molecule has 0 spiro atoms. The zero-order valence-electron chi connectivity index (χ0n) is 15.2. The topological polar surface area (TPSA) is 66.5 Å². The highest BCUT2D eigenvalue weighted by atomic mass is 32.2. The first-order chi connectivity index (χ1) is 12.4. The summed E-state index contributed by atoms with van der Waals surface area (Å²) in [5, 5.41) is 2.87. The van der Waals surface area contributed by atoms with E-state index in [1.165, 1.54) is 4.31 Å². The molecule has 0 aromatic heterocycles. The Morgan fingerprint density at radius 1 is 1.15 bits per heavy atom. The van der Waals surface area contributed by atoms with Crippen molar-refractivity contribution in [1.82, 2.24) is 0 Å². The smallest absolute Gasteiger partial charge is 0.255 e. The van der Waals surface area contributed by atoms with Crippen LogP contribution in [0.1, 0.15) is 41.3 Å². The number of nitrogens with one attached hydrogen (secondary N) is 1. The Bertz CT molecular complexity index is 905. The Labute approximate surface area is 155 Å². The van der Waals surface area contributed by atoms with Crippen molar-refractivity contribution in [1.29, 1.82) is 0 Å². The maximum atomic E-state index is 12.6. The molecule has 0 fully saturated rings. The lowest BCUT2D eigenvalue weighted by molar-refractivity contribution is 0.102. The Kier molecular flexibility index (Phi) is 5.32. The highest BCUT2D eigenvalue weighted by Gasteiger charge is 2.27. The molecule has 138 valence electrons. The molecule has 1 amide bonds. The summed E-state index contributed by atoms with van der Waals surface area (Å²) in [6.07, 6.45) is 2.24. The highest BCUT2D eigenvalue weighted by Crippen LogP contribution is 2.32. The molecule has 1 N–H and O–H groups in total. The van der Waals surface area contributed by atoms with Crippen molar-refractivity contribution in [3.63, 3.8) is 0 Å². The minimum Gasteiger partial charge on any atom is -0.322 e. The fraction of sp³-hybridized carbons (Fsp3) is 0.350. The lowest BCUT2D eigenvalue weighted by atomic mass is 10.0. The van der Waals surface area contributed by atoms with E-state index in [1.807, 2.05) is 38.1 Å². The maximum absolute atomic E-state index is 12.6. The standard InChI is InChI=1S/C20H24N2O3S/c1-3-13-26(24,25)22-12-4-5-16-10-11-18(14-19(16)22)21-20(23)17-8-6-15(2)7-9-17/h6-11,14H,3-5,12-13H2,1-2H3,(H,21,23). The minimum absolute atomic E-state index is 0.131. The summed E-state index contributed by atoms with van der Waals surface area (Å²) in [4.78, 5) is 12.4. The molecular formula is C20H24N2O3S. The van der Waals surface area contributed by atoms with Crippen LogP contribution in [0.15, 0.2) is 42.5 Å². The molecule has 0 atom stereocenters. The molecule has 0 unspecified atom stereocenters. The van der Waals surface area contributed by atoms with E-state index in [0.29, 0.717) is 29.9 Å². The zero-order valence-corrected chi connectivity index (χ0v) is 16.0. The molecule has 2 aromatic rings. The lowest BCUT2D eigenvalue weighted by Gasteiger charge is -2.31. The number of hydrogen-bond acceptors (Lipinski definition) is 3. The number of sulfonamides is 1. The first-order valence-electron chi connectivity index (χ1n) is 8.92. The van der Waals surface area contributed by atoms with E-state index in [9.17, 15) is 13.2 Å². The molecule has 26 heavy (non-hydrogen) atoms. The number of carbonyl (C=O) groups excluding carboxylic acids is 1. The van der Waals surface area contributed by atoms with Gasteiger partial charge in [-0.25, -0.2) is 8.42 Å². The third-order valence-corrected chi connectivity index (χ3v) is 6.51. The number of fused-ring (bicyclic) bond motifs is 1. The largest absolute Gasteiger partial charge is 0.322 e. The average molecular weight is 372 g/mol. The normalized spacial score (nSPS) is 14.0. The van der Waals surface area contributed by atoms with Gasteiger partial charge in [0.05, 0.1) is 11.4 Å². The van der Waals surface area contributed by atoms with Crippen LogP contribution in [0.2, 0.25) is 0 Å². The Morgan fingerprint density at radius 3 is 2.58 bits per heavy atom. The number of anilines is 2. The van der Waals surface area contributed by atoms with Gasteiger partial charge in [-0.1, -0.05) is 30.7 Å². The van der Waals surface area contributed by atoms with E-state index < -0.39 is 10.0 Å². The van der Waals surface area contributed by atoms with Crippen molar-refractivity contribution < 1.29 is 13.2 Å². The van der Waals surface area contributed by atoms with Crippen molar-refractivity contribution >= 4 is 27.3 Å². The van der Waals surface area contributed by atoms with Gasteiger partial charge in [0.25, 0.3) is 5.91 Å². The summed E-state index contributed by atoms with van der Waals surface area (Å²) in [5.41, 5.74) is 3.96. The van der Waals surface area contributed by atoms with Gasteiger partial charge in [0.1, 0.15) is 0 Å². The van der Waals surface area contributed by atoms with Crippen LogP contribution in [0.25, 0.3) is 0 Å². The molecule has 0 aliphatic carbocycles. The van der Waals surface area contributed by atoms with Crippen LogP contribution in [0.5, 0.6) is 0 Å².